The minimum absolute atomic E-state index is 0.203. The smallest absolute Gasteiger partial charge is 0.127 e. The first-order valence-corrected chi connectivity index (χ1v) is 6.16. The van der Waals surface area contributed by atoms with Gasteiger partial charge < -0.3 is 9.47 Å². The fraction of sp³-hybridized carbons (Fsp3) is 0.333. The van der Waals surface area contributed by atoms with E-state index in [1.165, 1.54) is 10.8 Å². The second-order valence-corrected chi connectivity index (χ2v) is 4.43. The molecule has 0 radical (unpaired) electrons. The van der Waals surface area contributed by atoms with E-state index in [0.29, 0.717) is 6.61 Å². The molecule has 2 aromatic carbocycles. The van der Waals surface area contributed by atoms with E-state index in [0.717, 1.165) is 25.2 Å². The molecule has 2 heteroatoms. The highest BCUT2D eigenvalue weighted by molar-refractivity contribution is 5.88. The predicted molar refractivity (Wildman–Crippen MR) is 68.4 cm³/mol. The highest BCUT2D eigenvalue weighted by atomic mass is 16.5. The molecule has 2 aromatic rings. The van der Waals surface area contributed by atoms with Crippen molar-refractivity contribution in [2.45, 2.75) is 18.9 Å². The first-order valence-electron chi connectivity index (χ1n) is 6.16. The summed E-state index contributed by atoms with van der Waals surface area (Å²) in [4.78, 5) is 0. The summed E-state index contributed by atoms with van der Waals surface area (Å²) in [6.45, 7) is 1.58. The molecule has 0 bridgehead atoms. The van der Waals surface area contributed by atoms with Crippen LogP contribution < -0.4 is 4.74 Å². The molecule has 88 valence electrons. The first kappa shape index (κ1) is 10.6. The summed E-state index contributed by atoms with van der Waals surface area (Å²) in [7, 11) is 0. The highest BCUT2D eigenvalue weighted by Crippen LogP contribution is 2.27. The van der Waals surface area contributed by atoms with Crippen molar-refractivity contribution in [2.24, 2.45) is 0 Å². The lowest BCUT2D eigenvalue weighted by molar-refractivity contribution is 0.00809. The second-order valence-electron chi connectivity index (χ2n) is 4.43. The third kappa shape index (κ3) is 2.27. The minimum Gasteiger partial charge on any atom is -0.487 e. The van der Waals surface area contributed by atoms with Crippen LogP contribution in [0, 0.1) is 0 Å². The third-order valence-corrected chi connectivity index (χ3v) is 3.16. The van der Waals surface area contributed by atoms with E-state index in [2.05, 4.69) is 24.3 Å². The monoisotopic (exact) mass is 228 g/mol. The van der Waals surface area contributed by atoms with Gasteiger partial charge in [0, 0.05) is 12.0 Å². The van der Waals surface area contributed by atoms with Gasteiger partial charge in [0.15, 0.2) is 0 Å². The molecule has 0 N–H and O–H groups in total. The SMILES string of the molecule is c1ccc2c(OC3CCCOC3)cccc2c1. The van der Waals surface area contributed by atoms with Crippen molar-refractivity contribution < 1.29 is 9.47 Å². The average molecular weight is 228 g/mol. The fourth-order valence-corrected chi connectivity index (χ4v) is 2.28. The van der Waals surface area contributed by atoms with Crippen molar-refractivity contribution in [3.05, 3.63) is 42.5 Å². The zero-order chi connectivity index (χ0) is 11.5. The molecular formula is C15H16O2. The van der Waals surface area contributed by atoms with E-state index in [9.17, 15) is 0 Å². The summed E-state index contributed by atoms with van der Waals surface area (Å²) < 4.78 is 11.5. The average Bonchev–Trinajstić information content (AvgIpc) is 2.40. The Kier molecular flexibility index (Phi) is 2.97. The van der Waals surface area contributed by atoms with Crippen molar-refractivity contribution in [1.82, 2.24) is 0 Å². The molecular weight excluding hydrogens is 212 g/mol. The van der Waals surface area contributed by atoms with Crippen molar-refractivity contribution in [3.8, 4) is 5.75 Å². The quantitative estimate of drug-likeness (QED) is 0.784. The Bertz CT molecular complexity index is 496. The van der Waals surface area contributed by atoms with Gasteiger partial charge in [0.25, 0.3) is 0 Å². The summed E-state index contributed by atoms with van der Waals surface area (Å²) in [6, 6.07) is 14.5. The molecule has 1 aliphatic heterocycles. The van der Waals surface area contributed by atoms with Crippen molar-refractivity contribution in [3.63, 3.8) is 0 Å². The van der Waals surface area contributed by atoms with Crippen LogP contribution in [-0.4, -0.2) is 19.3 Å². The Labute approximate surface area is 101 Å². The molecule has 1 aliphatic rings. The Balaban J connectivity index is 1.89. The van der Waals surface area contributed by atoms with Crippen LogP contribution >= 0.6 is 0 Å². The standard InChI is InChI=1S/C15H16O2/c1-2-8-14-12(5-1)6-3-9-15(14)17-13-7-4-10-16-11-13/h1-3,5-6,8-9,13H,4,7,10-11H2. The van der Waals surface area contributed by atoms with Gasteiger partial charge in [-0.2, -0.15) is 0 Å². The van der Waals surface area contributed by atoms with Crippen molar-refractivity contribution in [1.29, 1.82) is 0 Å². The maximum atomic E-state index is 6.04. The summed E-state index contributed by atoms with van der Waals surface area (Å²) >= 11 is 0. The zero-order valence-electron chi connectivity index (χ0n) is 9.76. The predicted octanol–water partition coefficient (Wildman–Crippen LogP) is 3.40. The molecule has 3 rings (SSSR count). The maximum Gasteiger partial charge on any atom is 0.127 e. The summed E-state index contributed by atoms with van der Waals surface area (Å²) in [6.07, 6.45) is 2.38. The van der Waals surface area contributed by atoms with Gasteiger partial charge in [-0.05, 0) is 24.3 Å². The number of fused-ring (bicyclic) bond motifs is 1. The van der Waals surface area contributed by atoms with Gasteiger partial charge in [-0.3, -0.25) is 0 Å². The number of benzene rings is 2. The molecule has 0 spiro atoms. The molecule has 2 nitrogen and oxygen atoms in total. The lowest BCUT2D eigenvalue weighted by Crippen LogP contribution is -2.28. The summed E-state index contributed by atoms with van der Waals surface area (Å²) in [5.74, 6) is 0.971. The molecule has 1 heterocycles. The van der Waals surface area contributed by atoms with E-state index in [1.54, 1.807) is 0 Å². The summed E-state index contributed by atoms with van der Waals surface area (Å²) in [5, 5.41) is 2.40. The molecule has 1 atom stereocenters. The number of hydrogen-bond donors (Lipinski definition) is 0. The lowest BCUT2D eigenvalue weighted by atomic mass is 10.1. The molecule has 1 unspecified atom stereocenters. The lowest BCUT2D eigenvalue weighted by Gasteiger charge is -2.23. The van der Waals surface area contributed by atoms with Crippen LogP contribution in [0.3, 0.4) is 0 Å². The van der Waals surface area contributed by atoms with Crippen LogP contribution in [0.4, 0.5) is 0 Å². The maximum absolute atomic E-state index is 6.04. The Morgan fingerprint density at radius 1 is 1.06 bits per heavy atom. The fourth-order valence-electron chi connectivity index (χ4n) is 2.28. The van der Waals surface area contributed by atoms with Crippen LogP contribution in [0.15, 0.2) is 42.5 Å². The van der Waals surface area contributed by atoms with Crippen LogP contribution in [0.5, 0.6) is 5.75 Å². The second kappa shape index (κ2) is 4.76. The topological polar surface area (TPSA) is 18.5 Å². The molecule has 0 amide bonds. The normalized spacial score (nSPS) is 20.4. The first-order chi connectivity index (χ1) is 8.43. The molecule has 0 aliphatic carbocycles. The van der Waals surface area contributed by atoms with Gasteiger partial charge in [-0.25, -0.2) is 0 Å². The van der Waals surface area contributed by atoms with Gasteiger partial charge in [0.1, 0.15) is 11.9 Å². The van der Waals surface area contributed by atoms with E-state index < -0.39 is 0 Å². The number of ether oxygens (including phenoxy) is 2. The van der Waals surface area contributed by atoms with Gasteiger partial charge >= 0.3 is 0 Å². The summed E-state index contributed by atoms with van der Waals surface area (Å²) in [5.41, 5.74) is 0. The zero-order valence-corrected chi connectivity index (χ0v) is 9.76. The van der Waals surface area contributed by atoms with Crippen LogP contribution in [-0.2, 0) is 4.74 Å². The molecule has 17 heavy (non-hydrogen) atoms. The van der Waals surface area contributed by atoms with Crippen LogP contribution in [0.1, 0.15) is 12.8 Å². The van der Waals surface area contributed by atoms with E-state index in [-0.39, 0.29) is 6.10 Å². The third-order valence-electron chi connectivity index (χ3n) is 3.16. The van der Waals surface area contributed by atoms with Gasteiger partial charge in [0.05, 0.1) is 6.61 Å². The van der Waals surface area contributed by atoms with Crippen molar-refractivity contribution >= 4 is 10.8 Å². The molecule has 0 aromatic heterocycles. The Morgan fingerprint density at radius 2 is 1.94 bits per heavy atom. The van der Waals surface area contributed by atoms with Crippen molar-refractivity contribution in [2.75, 3.05) is 13.2 Å². The number of hydrogen-bond acceptors (Lipinski definition) is 2. The van der Waals surface area contributed by atoms with Gasteiger partial charge in [0.2, 0.25) is 0 Å². The van der Waals surface area contributed by atoms with E-state index in [1.807, 2.05) is 18.2 Å². The Hall–Kier alpha value is -1.54. The van der Waals surface area contributed by atoms with E-state index in [4.69, 9.17) is 9.47 Å². The largest absolute Gasteiger partial charge is 0.487 e. The van der Waals surface area contributed by atoms with Gasteiger partial charge in [-0.1, -0.05) is 36.4 Å². The highest BCUT2D eigenvalue weighted by Gasteiger charge is 2.16. The van der Waals surface area contributed by atoms with Gasteiger partial charge in [-0.15, -0.1) is 0 Å². The van der Waals surface area contributed by atoms with Crippen LogP contribution in [0.2, 0.25) is 0 Å². The Morgan fingerprint density at radius 3 is 2.82 bits per heavy atom. The number of rotatable bonds is 2. The molecule has 0 saturated carbocycles. The van der Waals surface area contributed by atoms with Crippen LogP contribution in [0.25, 0.3) is 10.8 Å². The molecule has 1 saturated heterocycles. The van der Waals surface area contributed by atoms with E-state index >= 15 is 0 Å². The molecule has 1 fully saturated rings. The minimum atomic E-state index is 0.203.